The first-order valence-electron chi connectivity index (χ1n) is 11.4. The van der Waals surface area contributed by atoms with E-state index in [2.05, 4.69) is 28.9 Å². The third-order valence-electron chi connectivity index (χ3n) is 6.29. The Morgan fingerprint density at radius 3 is 2.55 bits per heavy atom. The summed E-state index contributed by atoms with van der Waals surface area (Å²) in [6.45, 7) is 6.72. The van der Waals surface area contributed by atoms with E-state index in [1.807, 2.05) is 25.1 Å². The Balaban J connectivity index is 1.55. The van der Waals surface area contributed by atoms with Crippen molar-refractivity contribution in [2.45, 2.75) is 38.6 Å². The second-order valence-corrected chi connectivity index (χ2v) is 9.50. The lowest BCUT2D eigenvalue weighted by Gasteiger charge is -2.39. The largest absolute Gasteiger partial charge is 0.343 e. The standard InChI is InChI=1S/C27H31FN4O/c1-19-14-24(25(33)31(3)4)30-26(29-19)27(2)12-7-13-32(18-27)17-20-8-5-9-21(15-20)22-10-6-11-23(28)16-22/h5-6,8-11,14-16H,7,12-13,17-18H2,1-4H3/t27-/m1/s1. The lowest BCUT2D eigenvalue weighted by molar-refractivity contribution is 0.0820. The Kier molecular flexibility index (Phi) is 6.56. The van der Waals surface area contributed by atoms with E-state index in [1.165, 1.54) is 11.6 Å². The highest BCUT2D eigenvalue weighted by atomic mass is 19.1. The molecule has 1 aliphatic heterocycles. The number of halogens is 1. The zero-order valence-electron chi connectivity index (χ0n) is 19.8. The van der Waals surface area contributed by atoms with Gasteiger partial charge in [0.05, 0.1) is 0 Å². The zero-order chi connectivity index (χ0) is 23.6. The quantitative estimate of drug-likeness (QED) is 0.562. The van der Waals surface area contributed by atoms with E-state index in [1.54, 1.807) is 37.2 Å². The topological polar surface area (TPSA) is 49.3 Å². The fourth-order valence-corrected chi connectivity index (χ4v) is 4.61. The number of piperidine rings is 1. The average Bonchev–Trinajstić information content (AvgIpc) is 2.78. The maximum atomic E-state index is 13.7. The summed E-state index contributed by atoms with van der Waals surface area (Å²) in [4.78, 5) is 25.9. The van der Waals surface area contributed by atoms with Crippen LogP contribution in [0, 0.1) is 12.7 Å². The van der Waals surface area contributed by atoms with E-state index >= 15 is 0 Å². The van der Waals surface area contributed by atoms with E-state index in [0.29, 0.717) is 5.69 Å². The first kappa shape index (κ1) is 23.1. The molecule has 1 fully saturated rings. The van der Waals surface area contributed by atoms with Crippen molar-refractivity contribution in [1.29, 1.82) is 0 Å². The average molecular weight is 447 g/mol. The van der Waals surface area contributed by atoms with Crippen LogP contribution >= 0.6 is 0 Å². The van der Waals surface area contributed by atoms with Crippen molar-refractivity contribution in [3.05, 3.63) is 83.2 Å². The number of aromatic nitrogens is 2. The molecule has 0 bridgehead atoms. The number of hydrogen-bond acceptors (Lipinski definition) is 4. The molecule has 0 unspecified atom stereocenters. The maximum absolute atomic E-state index is 13.7. The van der Waals surface area contributed by atoms with Crippen LogP contribution in [-0.4, -0.2) is 52.9 Å². The first-order valence-corrected chi connectivity index (χ1v) is 11.4. The third-order valence-corrected chi connectivity index (χ3v) is 6.29. The minimum Gasteiger partial charge on any atom is -0.343 e. The van der Waals surface area contributed by atoms with Gasteiger partial charge in [0.1, 0.15) is 17.3 Å². The minimum atomic E-state index is -0.230. The molecule has 172 valence electrons. The molecule has 4 rings (SSSR count). The van der Waals surface area contributed by atoms with Gasteiger partial charge in [-0.2, -0.15) is 0 Å². The van der Waals surface area contributed by atoms with Crippen molar-refractivity contribution in [3.63, 3.8) is 0 Å². The molecule has 1 amide bonds. The fraction of sp³-hybridized carbons (Fsp3) is 0.370. The molecule has 5 nitrogen and oxygen atoms in total. The fourth-order valence-electron chi connectivity index (χ4n) is 4.61. The number of benzene rings is 2. The molecule has 0 saturated carbocycles. The monoisotopic (exact) mass is 446 g/mol. The van der Waals surface area contributed by atoms with E-state index in [4.69, 9.17) is 4.98 Å². The smallest absolute Gasteiger partial charge is 0.272 e. The summed E-state index contributed by atoms with van der Waals surface area (Å²) >= 11 is 0. The SMILES string of the molecule is Cc1cc(C(=O)N(C)C)nc([C@]2(C)CCCN(Cc3cccc(-c4cccc(F)c4)c3)C2)n1. The molecular formula is C27H31FN4O. The predicted octanol–water partition coefficient (Wildman–Crippen LogP) is 4.85. The number of nitrogens with zero attached hydrogens (tertiary/aromatic N) is 4. The van der Waals surface area contributed by atoms with Crippen molar-refractivity contribution < 1.29 is 9.18 Å². The third kappa shape index (κ3) is 5.28. The molecule has 6 heteroatoms. The van der Waals surface area contributed by atoms with Gasteiger partial charge < -0.3 is 4.90 Å². The molecule has 1 aromatic heterocycles. The van der Waals surface area contributed by atoms with Crippen LogP contribution in [0.4, 0.5) is 4.39 Å². The van der Waals surface area contributed by atoms with E-state index in [-0.39, 0.29) is 17.1 Å². The highest BCUT2D eigenvalue weighted by Gasteiger charge is 2.36. The predicted molar refractivity (Wildman–Crippen MR) is 128 cm³/mol. The number of amides is 1. The molecule has 1 aliphatic rings. The van der Waals surface area contributed by atoms with E-state index in [0.717, 1.165) is 55.1 Å². The van der Waals surface area contributed by atoms with Gasteiger partial charge in [-0.05, 0) is 67.3 Å². The summed E-state index contributed by atoms with van der Waals surface area (Å²) in [7, 11) is 3.48. The summed E-state index contributed by atoms with van der Waals surface area (Å²) in [5.41, 5.74) is 4.11. The van der Waals surface area contributed by atoms with Crippen LogP contribution < -0.4 is 0 Å². The number of likely N-dealkylation sites (tertiary alicyclic amines) is 1. The Morgan fingerprint density at radius 1 is 1.09 bits per heavy atom. The lowest BCUT2D eigenvalue weighted by Crippen LogP contribution is -2.45. The van der Waals surface area contributed by atoms with Crippen molar-refractivity contribution in [2.75, 3.05) is 27.2 Å². The van der Waals surface area contributed by atoms with Crippen molar-refractivity contribution in [2.24, 2.45) is 0 Å². The second kappa shape index (κ2) is 9.40. The molecule has 0 aliphatic carbocycles. The molecule has 1 saturated heterocycles. The van der Waals surface area contributed by atoms with Crippen molar-refractivity contribution >= 4 is 5.91 Å². The Hall–Kier alpha value is -3.12. The van der Waals surface area contributed by atoms with Crippen LogP contribution in [0.3, 0.4) is 0 Å². The molecule has 3 aromatic rings. The molecule has 0 spiro atoms. The summed E-state index contributed by atoms with van der Waals surface area (Å²) < 4.78 is 13.7. The van der Waals surface area contributed by atoms with Crippen LogP contribution in [-0.2, 0) is 12.0 Å². The summed E-state index contributed by atoms with van der Waals surface area (Å²) in [5.74, 6) is 0.410. The van der Waals surface area contributed by atoms with Gasteiger partial charge >= 0.3 is 0 Å². The van der Waals surface area contributed by atoms with E-state index < -0.39 is 0 Å². The molecular weight excluding hydrogens is 415 g/mol. The molecule has 0 radical (unpaired) electrons. The number of carbonyl (C=O) groups is 1. The molecule has 33 heavy (non-hydrogen) atoms. The summed E-state index contributed by atoms with van der Waals surface area (Å²) in [5, 5.41) is 0. The van der Waals surface area contributed by atoms with E-state index in [9.17, 15) is 9.18 Å². The molecule has 2 aromatic carbocycles. The van der Waals surface area contributed by atoms with Crippen LogP contribution in [0.5, 0.6) is 0 Å². The van der Waals surface area contributed by atoms with Gasteiger partial charge in [0.2, 0.25) is 0 Å². The molecule has 1 atom stereocenters. The normalized spacial score (nSPS) is 18.8. The van der Waals surface area contributed by atoms with Crippen molar-refractivity contribution in [1.82, 2.24) is 19.8 Å². The van der Waals surface area contributed by atoms with Crippen LogP contribution in [0.15, 0.2) is 54.6 Å². The molecule has 0 N–H and O–H groups in total. The highest BCUT2D eigenvalue weighted by Crippen LogP contribution is 2.33. The Morgan fingerprint density at radius 2 is 1.82 bits per heavy atom. The molecule has 2 heterocycles. The van der Waals surface area contributed by atoms with Crippen LogP contribution in [0.1, 0.15) is 47.3 Å². The summed E-state index contributed by atoms with van der Waals surface area (Å²) in [6.07, 6.45) is 2.01. The van der Waals surface area contributed by atoms with Crippen molar-refractivity contribution in [3.8, 4) is 11.1 Å². The number of aryl methyl sites for hydroxylation is 1. The van der Waals surface area contributed by atoms with Gasteiger partial charge in [-0.1, -0.05) is 37.3 Å². The highest BCUT2D eigenvalue weighted by molar-refractivity contribution is 5.92. The number of rotatable bonds is 5. The van der Waals surface area contributed by atoms with Gasteiger partial charge in [0.15, 0.2) is 0 Å². The zero-order valence-corrected chi connectivity index (χ0v) is 19.8. The van der Waals surface area contributed by atoms with Crippen LogP contribution in [0.2, 0.25) is 0 Å². The number of hydrogen-bond donors (Lipinski definition) is 0. The minimum absolute atomic E-state index is 0.104. The van der Waals surface area contributed by atoms with Gasteiger partial charge in [-0.15, -0.1) is 0 Å². The summed E-state index contributed by atoms with van der Waals surface area (Å²) in [6, 6.07) is 16.8. The lowest BCUT2D eigenvalue weighted by atomic mass is 9.80. The second-order valence-electron chi connectivity index (χ2n) is 9.50. The Labute approximate surface area is 195 Å². The van der Waals surface area contributed by atoms with Crippen LogP contribution in [0.25, 0.3) is 11.1 Å². The Bertz CT molecular complexity index is 1160. The van der Waals surface area contributed by atoms with Gasteiger partial charge in [0, 0.05) is 38.3 Å². The van der Waals surface area contributed by atoms with Gasteiger partial charge in [-0.3, -0.25) is 9.69 Å². The number of carbonyl (C=O) groups excluding carboxylic acids is 1. The maximum Gasteiger partial charge on any atom is 0.272 e. The van der Waals surface area contributed by atoms with Gasteiger partial charge in [0.25, 0.3) is 5.91 Å². The first-order chi connectivity index (χ1) is 15.7. The van der Waals surface area contributed by atoms with Gasteiger partial charge in [-0.25, -0.2) is 14.4 Å².